The second-order valence-corrected chi connectivity index (χ2v) is 12.6. The maximum atomic E-state index is 5.87. The van der Waals surface area contributed by atoms with Crippen LogP contribution in [-0.2, 0) is 26.0 Å². The predicted octanol–water partition coefficient (Wildman–Crippen LogP) is 5.98. The van der Waals surface area contributed by atoms with E-state index in [2.05, 4.69) is 72.3 Å². The molecule has 6 nitrogen and oxygen atoms in total. The van der Waals surface area contributed by atoms with Gasteiger partial charge in [-0.3, -0.25) is 0 Å². The number of rotatable bonds is 14. The van der Waals surface area contributed by atoms with Crippen LogP contribution in [0.4, 0.5) is 5.69 Å². The summed E-state index contributed by atoms with van der Waals surface area (Å²) in [5.74, 6) is 0.593. The van der Waals surface area contributed by atoms with Crippen molar-refractivity contribution >= 4 is 15.4 Å². The zero-order valence-corrected chi connectivity index (χ0v) is 24.7. The van der Waals surface area contributed by atoms with Crippen molar-refractivity contribution in [3.05, 3.63) is 65.2 Å². The molecule has 0 bridgehead atoms. The SMILES string of the molecule is C[SiH2]NC1CCCC12OOC2CCCCC1CCCC1OOCNc1ccc(Cc2ccc(C)cc2)cc1. The Morgan fingerprint density at radius 3 is 2.45 bits per heavy atom. The van der Waals surface area contributed by atoms with Crippen LogP contribution in [0.3, 0.4) is 0 Å². The average molecular weight is 539 g/mol. The number of anilines is 1. The number of unbranched alkanes of at least 4 members (excludes halogenated alkanes) is 1. The average Bonchev–Trinajstić information content (AvgIpc) is 3.56. The van der Waals surface area contributed by atoms with Crippen molar-refractivity contribution < 1.29 is 19.6 Å². The molecule has 38 heavy (non-hydrogen) atoms. The van der Waals surface area contributed by atoms with Crippen LogP contribution in [0.5, 0.6) is 0 Å². The van der Waals surface area contributed by atoms with Crippen LogP contribution in [-0.4, -0.2) is 40.3 Å². The number of aryl methyl sites for hydroxylation is 1. The molecule has 1 spiro atoms. The highest BCUT2D eigenvalue weighted by Crippen LogP contribution is 2.46. The minimum absolute atomic E-state index is 0.0374. The van der Waals surface area contributed by atoms with E-state index in [-0.39, 0.29) is 27.5 Å². The maximum Gasteiger partial charge on any atom is 0.152 e. The first-order chi connectivity index (χ1) is 18.7. The van der Waals surface area contributed by atoms with E-state index in [0.717, 1.165) is 31.4 Å². The molecular weight excluding hydrogens is 492 g/mol. The van der Waals surface area contributed by atoms with E-state index in [4.69, 9.17) is 19.6 Å². The first-order valence-corrected chi connectivity index (χ1v) is 17.0. The van der Waals surface area contributed by atoms with Crippen LogP contribution in [0.25, 0.3) is 0 Å². The molecule has 5 unspecified atom stereocenters. The van der Waals surface area contributed by atoms with Crippen molar-refractivity contribution in [3.63, 3.8) is 0 Å². The van der Waals surface area contributed by atoms with Crippen molar-refractivity contribution in [1.29, 1.82) is 0 Å². The lowest BCUT2D eigenvalue weighted by Gasteiger charge is -2.48. The Balaban J connectivity index is 0.963. The van der Waals surface area contributed by atoms with Crippen molar-refractivity contribution in [3.8, 4) is 0 Å². The fourth-order valence-corrected chi connectivity index (χ4v) is 7.69. The van der Waals surface area contributed by atoms with Gasteiger partial charge in [-0.1, -0.05) is 67.8 Å². The van der Waals surface area contributed by atoms with E-state index in [0.29, 0.717) is 18.7 Å². The van der Waals surface area contributed by atoms with Gasteiger partial charge in [0.05, 0.1) is 15.8 Å². The molecule has 2 aromatic carbocycles. The fraction of sp³-hybridized carbons (Fsp3) is 0.613. The number of benzene rings is 2. The van der Waals surface area contributed by atoms with E-state index in [1.807, 2.05) is 0 Å². The molecule has 2 N–H and O–H groups in total. The summed E-state index contributed by atoms with van der Waals surface area (Å²) in [6.07, 6.45) is 13.3. The largest absolute Gasteiger partial charge is 0.360 e. The van der Waals surface area contributed by atoms with Crippen LogP contribution < -0.4 is 10.3 Å². The second-order valence-electron chi connectivity index (χ2n) is 11.5. The van der Waals surface area contributed by atoms with Crippen LogP contribution in [0.2, 0.25) is 6.55 Å². The van der Waals surface area contributed by atoms with Gasteiger partial charge in [-0.25, -0.2) is 19.6 Å². The highest BCUT2D eigenvalue weighted by Gasteiger charge is 2.58. The summed E-state index contributed by atoms with van der Waals surface area (Å²) in [6.45, 7) is 4.79. The van der Waals surface area contributed by atoms with Gasteiger partial charge in [-0.15, -0.1) is 0 Å². The Morgan fingerprint density at radius 2 is 1.71 bits per heavy atom. The van der Waals surface area contributed by atoms with Gasteiger partial charge in [0.25, 0.3) is 0 Å². The molecule has 7 heteroatoms. The summed E-state index contributed by atoms with van der Waals surface area (Å²) in [5, 5.41) is 3.32. The zero-order chi connectivity index (χ0) is 26.2. The summed E-state index contributed by atoms with van der Waals surface area (Å²) >= 11 is 0. The summed E-state index contributed by atoms with van der Waals surface area (Å²) in [4.78, 5) is 26.6. The first-order valence-electron chi connectivity index (χ1n) is 14.9. The highest BCUT2D eigenvalue weighted by molar-refractivity contribution is 6.30. The fourth-order valence-electron chi connectivity index (χ4n) is 6.65. The minimum atomic E-state index is -0.176. The molecule has 1 heterocycles. The van der Waals surface area contributed by atoms with Crippen LogP contribution in [0, 0.1) is 12.8 Å². The lowest BCUT2D eigenvalue weighted by molar-refractivity contribution is -0.512. The van der Waals surface area contributed by atoms with Crippen LogP contribution in [0.1, 0.15) is 80.9 Å². The third-order valence-electron chi connectivity index (χ3n) is 8.86. The van der Waals surface area contributed by atoms with Gasteiger partial charge in [0, 0.05) is 11.7 Å². The molecule has 2 aliphatic carbocycles. The number of nitrogens with one attached hydrogen (secondary N) is 2. The lowest BCUT2D eigenvalue weighted by Crippen LogP contribution is -2.64. The molecule has 5 rings (SSSR count). The predicted molar refractivity (Wildman–Crippen MR) is 155 cm³/mol. The van der Waals surface area contributed by atoms with E-state index in [9.17, 15) is 0 Å². The lowest BCUT2D eigenvalue weighted by atomic mass is 9.86. The van der Waals surface area contributed by atoms with Gasteiger partial charge in [0.1, 0.15) is 11.7 Å². The summed E-state index contributed by atoms with van der Waals surface area (Å²) in [6, 6.07) is 17.8. The summed E-state index contributed by atoms with van der Waals surface area (Å²) in [7, 11) is -0.176. The van der Waals surface area contributed by atoms with E-state index in [1.54, 1.807) is 0 Å². The van der Waals surface area contributed by atoms with Gasteiger partial charge in [0.2, 0.25) is 0 Å². The van der Waals surface area contributed by atoms with Crippen LogP contribution in [0.15, 0.2) is 48.5 Å². The zero-order valence-electron chi connectivity index (χ0n) is 23.3. The van der Waals surface area contributed by atoms with E-state index < -0.39 is 0 Å². The quantitative estimate of drug-likeness (QED) is 0.102. The van der Waals surface area contributed by atoms with Gasteiger partial charge in [-0.2, -0.15) is 0 Å². The van der Waals surface area contributed by atoms with Crippen molar-refractivity contribution in [2.75, 3.05) is 12.0 Å². The summed E-state index contributed by atoms with van der Waals surface area (Å²) < 4.78 is 0. The Labute approximate surface area is 230 Å². The Bertz CT molecular complexity index is 988. The first kappa shape index (κ1) is 27.8. The maximum absolute atomic E-state index is 5.87. The molecule has 3 fully saturated rings. The molecule has 1 saturated heterocycles. The molecule has 208 valence electrons. The normalized spacial score (nSPS) is 28.9. The minimum Gasteiger partial charge on any atom is -0.360 e. The Hall–Kier alpha value is -1.74. The second kappa shape index (κ2) is 13.6. The molecule has 0 aromatic heterocycles. The monoisotopic (exact) mass is 538 g/mol. The van der Waals surface area contributed by atoms with E-state index >= 15 is 0 Å². The highest BCUT2D eigenvalue weighted by atomic mass is 28.2. The summed E-state index contributed by atoms with van der Waals surface area (Å²) in [5.41, 5.74) is 4.95. The van der Waals surface area contributed by atoms with Gasteiger partial charge in [-0.05, 0) is 87.5 Å². The topological polar surface area (TPSA) is 61.0 Å². The molecule has 3 aliphatic rings. The standard InChI is InChI=1S/C31H46N2O4Si/c1-23-12-14-24(15-13-23)21-25-16-18-27(19-17-25)32-22-34-35-28-9-5-8-26(28)7-3-4-11-30-31(37-36-30)20-6-10-29(31)33-38-2/h12-19,26,28-30,32-33H,3-11,20-22,38H2,1-2H3. The van der Waals surface area contributed by atoms with Crippen molar-refractivity contribution in [2.45, 2.75) is 108 Å². The van der Waals surface area contributed by atoms with Crippen molar-refractivity contribution in [1.82, 2.24) is 4.98 Å². The Kier molecular flexibility index (Phi) is 9.92. The van der Waals surface area contributed by atoms with Gasteiger partial charge >= 0.3 is 0 Å². The van der Waals surface area contributed by atoms with Crippen molar-refractivity contribution in [2.24, 2.45) is 5.92 Å². The molecular formula is C31H46N2O4Si. The van der Waals surface area contributed by atoms with Gasteiger partial charge < -0.3 is 10.3 Å². The number of hydrogen-bond donors (Lipinski definition) is 2. The van der Waals surface area contributed by atoms with E-state index in [1.165, 1.54) is 61.6 Å². The number of hydrogen-bond acceptors (Lipinski definition) is 6. The smallest absolute Gasteiger partial charge is 0.152 e. The molecule has 5 atom stereocenters. The third-order valence-corrected chi connectivity index (χ3v) is 9.76. The molecule has 2 aromatic rings. The molecule has 2 saturated carbocycles. The Morgan fingerprint density at radius 1 is 0.947 bits per heavy atom. The molecule has 0 radical (unpaired) electrons. The van der Waals surface area contributed by atoms with Gasteiger partial charge in [0.15, 0.2) is 6.73 Å². The molecule has 0 amide bonds. The third kappa shape index (κ3) is 6.87. The van der Waals surface area contributed by atoms with Crippen LogP contribution >= 0.6 is 0 Å². The molecule has 1 aliphatic heterocycles.